The molecule has 3 rings (SSSR count). The van der Waals surface area contributed by atoms with Crippen LogP contribution >= 0.6 is 11.3 Å². The molecule has 0 aliphatic carbocycles. The van der Waals surface area contributed by atoms with Crippen LogP contribution in [-0.2, 0) is 10.0 Å². The summed E-state index contributed by atoms with van der Waals surface area (Å²) in [5.74, 6) is 0.343. The largest absolute Gasteiger partial charge is 0.360 e. The first kappa shape index (κ1) is 15.4. The summed E-state index contributed by atoms with van der Waals surface area (Å²) in [4.78, 5) is 6.77. The molecule has 0 aromatic carbocycles. The summed E-state index contributed by atoms with van der Waals surface area (Å²) in [6.07, 6.45) is 0. The first-order valence-corrected chi connectivity index (χ1v) is 9.31. The first-order chi connectivity index (χ1) is 10.4. The van der Waals surface area contributed by atoms with E-state index in [9.17, 15) is 8.42 Å². The number of piperazine rings is 1. The van der Waals surface area contributed by atoms with E-state index in [1.54, 1.807) is 25.2 Å². The standard InChI is InChI=1S/C13H18N4O3S2/c1-9-8-21-13(14-9)16-4-6-17(7-5-16)22(18,19)12-10(2)15-20-11(12)3/h8H,4-7H2,1-3H3. The number of nitrogens with zero attached hydrogens (tertiary/aromatic N) is 4. The molecular formula is C13H18N4O3S2. The van der Waals surface area contributed by atoms with Gasteiger partial charge in [-0.2, -0.15) is 4.31 Å². The van der Waals surface area contributed by atoms with Crippen molar-refractivity contribution in [3.8, 4) is 0 Å². The highest BCUT2D eigenvalue weighted by molar-refractivity contribution is 7.89. The lowest BCUT2D eigenvalue weighted by molar-refractivity contribution is 0.378. The second-order valence-electron chi connectivity index (χ2n) is 5.32. The monoisotopic (exact) mass is 342 g/mol. The summed E-state index contributed by atoms with van der Waals surface area (Å²) in [6, 6.07) is 0. The summed E-state index contributed by atoms with van der Waals surface area (Å²) in [6.45, 7) is 7.37. The summed E-state index contributed by atoms with van der Waals surface area (Å²) in [5.41, 5.74) is 1.40. The molecule has 0 saturated carbocycles. The molecule has 0 amide bonds. The second-order valence-corrected chi connectivity index (χ2v) is 8.03. The van der Waals surface area contributed by atoms with Crippen molar-refractivity contribution in [3.63, 3.8) is 0 Å². The van der Waals surface area contributed by atoms with Crippen LogP contribution in [0.3, 0.4) is 0 Å². The summed E-state index contributed by atoms with van der Waals surface area (Å²) >= 11 is 1.59. The van der Waals surface area contributed by atoms with Gasteiger partial charge in [-0.3, -0.25) is 0 Å². The van der Waals surface area contributed by atoms with Crippen molar-refractivity contribution in [1.29, 1.82) is 0 Å². The quantitative estimate of drug-likeness (QED) is 0.842. The van der Waals surface area contributed by atoms with Crippen molar-refractivity contribution in [2.24, 2.45) is 0 Å². The molecule has 120 valence electrons. The van der Waals surface area contributed by atoms with Gasteiger partial charge in [-0.1, -0.05) is 5.16 Å². The highest BCUT2D eigenvalue weighted by atomic mass is 32.2. The molecular weight excluding hydrogens is 324 g/mol. The van der Waals surface area contributed by atoms with Crippen LogP contribution in [0.4, 0.5) is 5.13 Å². The lowest BCUT2D eigenvalue weighted by Crippen LogP contribution is -2.48. The third-order valence-corrected chi connectivity index (χ3v) is 6.84. The van der Waals surface area contributed by atoms with Crippen LogP contribution in [0.5, 0.6) is 0 Å². The zero-order chi connectivity index (χ0) is 15.9. The second kappa shape index (κ2) is 5.64. The van der Waals surface area contributed by atoms with Gasteiger partial charge < -0.3 is 9.42 Å². The fourth-order valence-corrected chi connectivity index (χ4v) is 5.15. The Morgan fingerprint density at radius 1 is 1.18 bits per heavy atom. The van der Waals surface area contributed by atoms with Gasteiger partial charge in [0.15, 0.2) is 10.9 Å². The molecule has 0 N–H and O–H groups in total. The lowest BCUT2D eigenvalue weighted by atomic mass is 10.4. The molecule has 0 atom stereocenters. The molecule has 1 aliphatic rings. The third-order valence-electron chi connectivity index (χ3n) is 3.68. The van der Waals surface area contributed by atoms with Gasteiger partial charge in [0.1, 0.15) is 10.6 Å². The van der Waals surface area contributed by atoms with Crippen LogP contribution in [0.1, 0.15) is 17.1 Å². The predicted octanol–water partition coefficient (Wildman–Crippen LogP) is 1.57. The van der Waals surface area contributed by atoms with Gasteiger partial charge in [-0.15, -0.1) is 11.3 Å². The van der Waals surface area contributed by atoms with Gasteiger partial charge >= 0.3 is 0 Å². The molecule has 2 aromatic heterocycles. The molecule has 0 bridgehead atoms. The maximum absolute atomic E-state index is 12.7. The van der Waals surface area contributed by atoms with E-state index in [0.29, 0.717) is 37.6 Å². The van der Waals surface area contributed by atoms with Crippen LogP contribution in [-0.4, -0.2) is 49.0 Å². The maximum atomic E-state index is 12.7. The van der Waals surface area contributed by atoms with Gasteiger partial charge in [0, 0.05) is 31.6 Å². The molecule has 7 nitrogen and oxygen atoms in total. The zero-order valence-electron chi connectivity index (χ0n) is 12.7. The van der Waals surface area contributed by atoms with E-state index in [1.165, 1.54) is 4.31 Å². The molecule has 1 fully saturated rings. The van der Waals surface area contributed by atoms with Crippen molar-refractivity contribution >= 4 is 26.5 Å². The van der Waals surface area contributed by atoms with Crippen LogP contribution in [0, 0.1) is 20.8 Å². The van der Waals surface area contributed by atoms with E-state index in [1.807, 2.05) is 12.3 Å². The number of aromatic nitrogens is 2. The van der Waals surface area contributed by atoms with Crippen LogP contribution in [0.2, 0.25) is 0 Å². The molecule has 0 radical (unpaired) electrons. The third kappa shape index (κ3) is 2.64. The summed E-state index contributed by atoms with van der Waals surface area (Å²) in [7, 11) is -3.55. The normalized spacial score (nSPS) is 17.1. The molecule has 1 saturated heterocycles. The van der Waals surface area contributed by atoms with Gasteiger partial charge in [0.05, 0.1) is 5.69 Å². The number of rotatable bonds is 3. The number of sulfonamides is 1. The van der Waals surface area contributed by atoms with Gasteiger partial charge in [-0.25, -0.2) is 13.4 Å². The van der Waals surface area contributed by atoms with E-state index >= 15 is 0 Å². The van der Waals surface area contributed by atoms with E-state index in [4.69, 9.17) is 4.52 Å². The molecule has 0 unspecified atom stereocenters. The van der Waals surface area contributed by atoms with E-state index in [-0.39, 0.29) is 4.90 Å². The van der Waals surface area contributed by atoms with E-state index in [0.717, 1.165) is 10.8 Å². The number of anilines is 1. The molecule has 22 heavy (non-hydrogen) atoms. The zero-order valence-corrected chi connectivity index (χ0v) is 14.4. The van der Waals surface area contributed by atoms with E-state index < -0.39 is 10.0 Å². The van der Waals surface area contributed by atoms with Gasteiger partial charge in [0.2, 0.25) is 10.0 Å². The lowest BCUT2D eigenvalue weighted by Gasteiger charge is -2.33. The van der Waals surface area contributed by atoms with Crippen molar-refractivity contribution < 1.29 is 12.9 Å². The molecule has 0 spiro atoms. The minimum Gasteiger partial charge on any atom is -0.360 e. The molecule has 1 aliphatic heterocycles. The molecule has 3 heterocycles. The van der Waals surface area contributed by atoms with E-state index in [2.05, 4.69) is 15.0 Å². The number of aryl methyl sites for hydroxylation is 3. The van der Waals surface area contributed by atoms with Gasteiger partial charge in [0.25, 0.3) is 0 Å². The molecule has 2 aromatic rings. The highest BCUT2D eigenvalue weighted by Crippen LogP contribution is 2.26. The minimum absolute atomic E-state index is 0.200. The predicted molar refractivity (Wildman–Crippen MR) is 83.8 cm³/mol. The Hall–Kier alpha value is -1.45. The maximum Gasteiger partial charge on any atom is 0.248 e. The minimum atomic E-state index is -3.55. The number of hydrogen-bond donors (Lipinski definition) is 0. The Bertz CT molecular complexity index is 754. The van der Waals surface area contributed by atoms with Crippen molar-refractivity contribution in [1.82, 2.24) is 14.4 Å². The Morgan fingerprint density at radius 3 is 2.36 bits per heavy atom. The fraction of sp³-hybridized carbons (Fsp3) is 0.538. The SMILES string of the molecule is Cc1csc(N2CCN(S(=O)(=O)c3c(C)noc3C)CC2)n1. The fourth-order valence-electron chi connectivity index (χ4n) is 2.58. The Morgan fingerprint density at radius 2 is 1.86 bits per heavy atom. The average molecular weight is 342 g/mol. The van der Waals surface area contributed by atoms with Crippen molar-refractivity contribution in [2.75, 3.05) is 31.1 Å². The van der Waals surface area contributed by atoms with Crippen LogP contribution in [0.15, 0.2) is 14.8 Å². The smallest absolute Gasteiger partial charge is 0.248 e. The van der Waals surface area contributed by atoms with Gasteiger partial charge in [-0.05, 0) is 20.8 Å². The van der Waals surface area contributed by atoms with Crippen LogP contribution in [0.25, 0.3) is 0 Å². The van der Waals surface area contributed by atoms with Crippen LogP contribution < -0.4 is 4.90 Å². The Kier molecular flexibility index (Phi) is 3.96. The number of hydrogen-bond acceptors (Lipinski definition) is 7. The summed E-state index contributed by atoms with van der Waals surface area (Å²) < 4.78 is 32.0. The summed E-state index contributed by atoms with van der Waals surface area (Å²) in [5, 5.41) is 6.70. The topological polar surface area (TPSA) is 79.5 Å². The molecule has 9 heteroatoms. The van der Waals surface area contributed by atoms with Crippen molar-refractivity contribution in [3.05, 3.63) is 22.5 Å². The highest BCUT2D eigenvalue weighted by Gasteiger charge is 2.33. The average Bonchev–Trinajstić information content (AvgIpc) is 3.05. The van der Waals surface area contributed by atoms with Crippen molar-refractivity contribution in [2.45, 2.75) is 25.7 Å². The Balaban J connectivity index is 1.76. The first-order valence-electron chi connectivity index (χ1n) is 6.99. The Labute approximate surface area is 133 Å². The number of thiazole rings is 1.